The maximum absolute atomic E-state index is 12.7. The van der Waals surface area contributed by atoms with Gasteiger partial charge in [0.15, 0.2) is 12.2 Å². The van der Waals surface area contributed by atoms with Crippen molar-refractivity contribution in [3.63, 3.8) is 0 Å². The molecular weight excluding hydrogens is 428 g/mol. The van der Waals surface area contributed by atoms with Crippen molar-refractivity contribution >= 4 is 18.0 Å². The van der Waals surface area contributed by atoms with E-state index in [-0.39, 0.29) is 38.8 Å². The summed E-state index contributed by atoms with van der Waals surface area (Å²) in [4.78, 5) is 37.6. The van der Waals surface area contributed by atoms with Crippen molar-refractivity contribution in [2.24, 2.45) is 0 Å². The second-order valence-electron chi connectivity index (χ2n) is 7.91. The highest BCUT2D eigenvalue weighted by Crippen LogP contribution is 2.44. The van der Waals surface area contributed by atoms with Crippen molar-refractivity contribution in [1.82, 2.24) is 10.2 Å². The molecule has 0 spiro atoms. The number of benzene rings is 2. The fourth-order valence-corrected chi connectivity index (χ4v) is 4.30. The molecule has 0 saturated carbocycles. The van der Waals surface area contributed by atoms with E-state index >= 15 is 0 Å². The highest BCUT2D eigenvalue weighted by Gasteiger charge is 2.33. The predicted molar refractivity (Wildman–Crippen MR) is 118 cm³/mol. The maximum Gasteiger partial charge on any atom is 0.407 e. The van der Waals surface area contributed by atoms with E-state index in [1.54, 1.807) is 0 Å². The van der Waals surface area contributed by atoms with Crippen LogP contribution in [0.1, 0.15) is 17.0 Å². The number of carboxylic acids is 1. The van der Waals surface area contributed by atoms with Gasteiger partial charge in [-0.1, -0.05) is 48.5 Å². The molecule has 4 rings (SSSR count). The van der Waals surface area contributed by atoms with Gasteiger partial charge in [-0.25, -0.2) is 9.59 Å². The Morgan fingerprint density at radius 1 is 1.12 bits per heavy atom. The second-order valence-corrected chi connectivity index (χ2v) is 7.91. The smallest absolute Gasteiger partial charge is 0.407 e. The van der Waals surface area contributed by atoms with Crippen molar-refractivity contribution in [3.05, 3.63) is 59.7 Å². The van der Waals surface area contributed by atoms with Crippen LogP contribution in [0.4, 0.5) is 4.79 Å². The van der Waals surface area contributed by atoms with Gasteiger partial charge in [-0.2, -0.15) is 0 Å². The van der Waals surface area contributed by atoms with E-state index in [1.807, 2.05) is 36.4 Å². The molecule has 1 heterocycles. The van der Waals surface area contributed by atoms with E-state index < -0.39 is 30.2 Å². The van der Waals surface area contributed by atoms with E-state index in [2.05, 4.69) is 17.4 Å². The van der Waals surface area contributed by atoms with E-state index in [4.69, 9.17) is 19.3 Å². The van der Waals surface area contributed by atoms with Crippen LogP contribution in [0.15, 0.2) is 48.5 Å². The first kappa shape index (κ1) is 22.8. The minimum absolute atomic E-state index is 0.0655. The molecule has 1 aliphatic heterocycles. The number of carbonyl (C=O) groups is 3. The predicted octanol–water partition coefficient (Wildman–Crippen LogP) is 1.85. The molecule has 1 saturated heterocycles. The SMILES string of the molecule is COC(CNC(=O)OCC1c2ccccc2-c2ccccc21)C(=O)N1CCOC(C(=O)O)C1. The molecule has 9 heteroatoms. The molecular formula is C24H26N2O7. The Kier molecular flexibility index (Phi) is 6.90. The van der Waals surface area contributed by atoms with Crippen molar-refractivity contribution in [3.8, 4) is 11.1 Å². The van der Waals surface area contributed by atoms with Crippen LogP contribution in [0, 0.1) is 0 Å². The topological polar surface area (TPSA) is 114 Å². The number of fused-ring (bicyclic) bond motifs is 3. The number of amides is 2. The normalized spacial score (nSPS) is 18.2. The minimum atomic E-state index is -1.13. The van der Waals surface area contributed by atoms with Crippen molar-refractivity contribution in [2.45, 2.75) is 18.1 Å². The number of methoxy groups -OCH3 is 1. The number of ether oxygens (including phenoxy) is 3. The van der Waals surface area contributed by atoms with Crippen LogP contribution < -0.4 is 5.32 Å². The monoisotopic (exact) mass is 454 g/mol. The lowest BCUT2D eigenvalue weighted by molar-refractivity contribution is -0.162. The molecule has 33 heavy (non-hydrogen) atoms. The van der Waals surface area contributed by atoms with Gasteiger partial charge in [0.1, 0.15) is 6.61 Å². The first-order chi connectivity index (χ1) is 16.0. The molecule has 0 radical (unpaired) electrons. The Labute approximate surface area is 191 Å². The number of hydrogen-bond donors (Lipinski definition) is 2. The van der Waals surface area contributed by atoms with E-state index in [0.29, 0.717) is 0 Å². The lowest BCUT2D eigenvalue weighted by Crippen LogP contribution is -2.53. The average Bonchev–Trinajstić information content (AvgIpc) is 3.16. The van der Waals surface area contributed by atoms with Crippen LogP contribution >= 0.6 is 0 Å². The lowest BCUT2D eigenvalue weighted by Gasteiger charge is -2.33. The van der Waals surface area contributed by atoms with Gasteiger partial charge in [-0.3, -0.25) is 4.79 Å². The van der Waals surface area contributed by atoms with Gasteiger partial charge in [-0.15, -0.1) is 0 Å². The number of rotatable bonds is 7. The number of nitrogens with one attached hydrogen (secondary N) is 1. The highest BCUT2D eigenvalue weighted by molar-refractivity contribution is 5.83. The number of aliphatic carboxylic acids is 1. The summed E-state index contributed by atoms with van der Waals surface area (Å²) in [6.45, 7) is 0.377. The van der Waals surface area contributed by atoms with Gasteiger partial charge in [0.25, 0.3) is 5.91 Å². The molecule has 2 aromatic rings. The minimum Gasteiger partial charge on any atom is -0.479 e. The van der Waals surface area contributed by atoms with Crippen molar-refractivity contribution < 1.29 is 33.7 Å². The first-order valence-corrected chi connectivity index (χ1v) is 10.7. The molecule has 1 aliphatic carbocycles. The van der Waals surface area contributed by atoms with Crippen LogP contribution in [-0.2, 0) is 23.8 Å². The van der Waals surface area contributed by atoms with Gasteiger partial charge < -0.3 is 29.5 Å². The van der Waals surface area contributed by atoms with Gasteiger partial charge in [0.2, 0.25) is 0 Å². The largest absolute Gasteiger partial charge is 0.479 e. The van der Waals surface area contributed by atoms with Gasteiger partial charge in [0.05, 0.1) is 19.7 Å². The zero-order valence-corrected chi connectivity index (χ0v) is 18.2. The third-order valence-electron chi connectivity index (χ3n) is 5.99. The van der Waals surface area contributed by atoms with Crippen LogP contribution in [0.2, 0.25) is 0 Å². The molecule has 9 nitrogen and oxygen atoms in total. The summed E-state index contributed by atoms with van der Waals surface area (Å²) in [5.41, 5.74) is 4.49. The number of carboxylic acid groups (broad SMARTS) is 1. The first-order valence-electron chi connectivity index (χ1n) is 10.7. The van der Waals surface area contributed by atoms with Crippen LogP contribution in [-0.4, -0.2) is 80.1 Å². The number of carbonyl (C=O) groups excluding carboxylic acids is 2. The number of alkyl carbamates (subject to hydrolysis) is 1. The van der Waals surface area contributed by atoms with Gasteiger partial charge in [0, 0.05) is 19.6 Å². The number of morpholine rings is 1. The van der Waals surface area contributed by atoms with Crippen LogP contribution in [0.3, 0.4) is 0 Å². The molecule has 2 atom stereocenters. The molecule has 2 aromatic carbocycles. The summed E-state index contributed by atoms with van der Waals surface area (Å²) in [6, 6.07) is 16.1. The summed E-state index contributed by atoms with van der Waals surface area (Å²) in [7, 11) is 1.36. The van der Waals surface area contributed by atoms with Crippen molar-refractivity contribution in [1.29, 1.82) is 0 Å². The third kappa shape index (κ3) is 4.84. The van der Waals surface area contributed by atoms with Crippen molar-refractivity contribution in [2.75, 3.05) is 40.0 Å². The Balaban J connectivity index is 1.32. The number of nitrogens with zero attached hydrogens (tertiary/aromatic N) is 1. The van der Waals surface area contributed by atoms with E-state index in [0.717, 1.165) is 22.3 Å². The number of hydrogen-bond acceptors (Lipinski definition) is 6. The lowest BCUT2D eigenvalue weighted by atomic mass is 9.98. The Hall–Kier alpha value is -3.43. The van der Waals surface area contributed by atoms with E-state index in [9.17, 15) is 14.4 Å². The third-order valence-corrected chi connectivity index (χ3v) is 5.99. The Bertz CT molecular complexity index is 995. The molecule has 2 aliphatic rings. The van der Waals surface area contributed by atoms with Gasteiger partial charge in [-0.05, 0) is 22.3 Å². The summed E-state index contributed by atoms with van der Waals surface area (Å²) in [6.07, 6.45) is -2.69. The van der Waals surface area contributed by atoms with Gasteiger partial charge >= 0.3 is 12.1 Å². The maximum atomic E-state index is 12.7. The molecule has 174 valence electrons. The average molecular weight is 454 g/mol. The summed E-state index contributed by atoms with van der Waals surface area (Å²) in [5.74, 6) is -1.60. The molecule has 0 bridgehead atoms. The quantitative estimate of drug-likeness (QED) is 0.656. The van der Waals surface area contributed by atoms with Crippen LogP contribution in [0.25, 0.3) is 11.1 Å². The zero-order chi connectivity index (χ0) is 23.4. The molecule has 2 unspecified atom stereocenters. The second kappa shape index (κ2) is 10.0. The molecule has 2 N–H and O–H groups in total. The fraction of sp³-hybridized carbons (Fsp3) is 0.375. The highest BCUT2D eigenvalue weighted by atomic mass is 16.5. The fourth-order valence-electron chi connectivity index (χ4n) is 4.30. The summed E-state index contributed by atoms with van der Waals surface area (Å²) in [5, 5.41) is 11.7. The standard InChI is InChI=1S/C24H26N2O7/c1-31-20(22(27)26-10-11-32-21(13-26)23(28)29)12-25-24(30)33-14-19-17-8-4-2-6-15(17)16-7-3-5-9-18(16)19/h2-9,19-21H,10-14H2,1H3,(H,25,30)(H,28,29). The van der Waals surface area contributed by atoms with Crippen LogP contribution in [0.5, 0.6) is 0 Å². The van der Waals surface area contributed by atoms with E-state index in [1.165, 1.54) is 12.0 Å². The summed E-state index contributed by atoms with van der Waals surface area (Å²) < 4.78 is 15.9. The summed E-state index contributed by atoms with van der Waals surface area (Å²) >= 11 is 0. The molecule has 1 fully saturated rings. The molecule has 2 amide bonds. The Morgan fingerprint density at radius 3 is 2.36 bits per heavy atom. The Morgan fingerprint density at radius 2 is 1.76 bits per heavy atom. The molecule has 0 aromatic heterocycles. The zero-order valence-electron chi connectivity index (χ0n) is 18.2.